The maximum absolute atomic E-state index is 13.2. The topological polar surface area (TPSA) is 44.1 Å². The lowest BCUT2D eigenvalue weighted by atomic mass is 10.1. The monoisotopic (exact) mass is 360 g/mol. The van der Waals surface area contributed by atoms with Gasteiger partial charge in [-0.25, -0.2) is 13.9 Å². The van der Waals surface area contributed by atoms with Crippen LogP contribution in [-0.2, 0) is 6.42 Å². The third-order valence-electron chi connectivity index (χ3n) is 4.34. The summed E-state index contributed by atoms with van der Waals surface area (Å²) in [6.07, 6.45) is 0.689. The summed E-state index contributed by atoms with van der Waals surface area (Å²) in [5, 5.41) is 6.46. The van der Waals surface area contributed by atoms with Crippen molar-refractivity contribution in [2.75, 3.05) is 0 Å². The SMILES string of the molecule is CCc1cc(OC(=O)c2ccc3ccccc3c2)n(-c2ccc(F)cc2)n1. The molecule has 0 saturated carbocycles. The zero-order valence-electron chi connectivity index (χ0n) is 14.7. The largest absolute Gasteiger partial charge is 0.404 e. The van der Waals surface area contributed by atoms with Gasteiger partial charge in [-0.1, -0.05) is 37.3 Å². The van der Waals surface area contributed by atoms with Crippen molar-refractivity contribution in [3.05, 3.63) is 89.9 Å². The van der Waals surface area contributed by atoms with Crippen molar-refractivity contribution in [3.8, 4) is 11.6 Å². The normalized spacial score (nSPS) is 10.9. The van der Waals surface area contributed by atoms with E-state index in [1.54, 1.807) is 30.3 Å². The number of esters is 1. The quantitative estimate of drug-likeness (QED) is 0.484. The molecule has 27 heavy (non-hydrogen) atoms. The van der Waals surface area contributed by atoms with Gasteiger partial charge in [-0.05, 0) is 53.6 Å². The molecule has 134 valence electrons. The van der Waals surface area contributed by atoms with Crippen LogP contribution in [0.4, 0.5) is 4.39 Å². The van der Waals surface area contributed by atoms with E-state index in [1.165, 1.54) is 16.8 Å². The number of fused-ring (bicyclic) bond motifs is 1. The molecule has 0 bridgehead atoms. The molecule has 4 aromatic rings. The van der Waals surface area contributed by atoms with Gasteiger partial charge in [0.15, 0.2) is 0 Å². The van der Waals surface area contributed by atoms with Gasteiger partial charge in [-0.2, -0.15) is 5.10 Å². The molecular formula is C22H17FN2O2. The van der Waals surface area contributed by atoms with Crippen LogP contribution in [0.3, 0.4) is 0 Å². The summed E-state index contributed by atoms with van der Waals surface area (Å²) in [4.78, 5) is 12.7. The minimum atomic E-state index is -0.466. The molecule has 1 aromatic heterocycles. The summed E-state index contributed by atoms with van der Waals surface area (Å²) >= 11 is 0. The molecule has 0 spiro atoms. The van der Waals surface area contributed by atoms with E-state index in [1.807, 2.05) is 37.3 Å². The number of rotatable bonds is 4. The molecule has 0 atom stereocenters. The van der Waals surface area contributed by atoms with Gasteiger partial charge in [0.2, 0.25) is 5.88 Å². The standard InChI is InChI=1S/C22H17FN2O2/c1-2-19-14-21(25(24-19)20-11-9-18(23)10-12-20)27-22(26)17-8-7-15-5-3-4-6-16(15)13-17/h3-14H,2H2,1H3. The van der Waals surface area contributed by atoms with E-state index in [9.17, 15) is 9.18 Å². The van der Waals surface area contributed by atoms with Crippen LogP contribution >= 0.6 is 0 Å². The highest BCUT2D eigenvalue weighted by Gasteiger charge is 2.16. The number of hydrogen-bond donors (Lipinski definition) is 0. The Bertz CT molecular complexity index is 1120. The Labute approximate surface area is 155 Å². The minimum absolute atomic E-state index is 0.302. The first-order valence-corrected chi connectivity index (χ1v) is 8.70. The van der Waals surface area contributed by atoms with Gasteiger partial charge in [0.25, 0.3) is 0 Å². The molecule has 5 heteroatoms. The highest BCUT2D eigenvalue weighted by atomic mass is 19.1. The average Bonchev–Trinajstić information content (AvgIpc) is 3.11. The molecule has 0 N–H and O–H groups in total. The van der Waals surface area contributed by atoms with E-state index in [0.29, 0.717) is 23.6 Å². The van der Waals surface area contributed by atoms with Crippen LogP contribution in [0.15, 0.2) is 72.8 Å². The van der Waals surface area contributed by atoms with Crippen LogP contribution in [0.1, 0.15) is 23.0 Å². The van der Waals surface area contributed by atoms with E-state index in [0.717, 1.165) is 16.5 Å². The van der Waals surface area contributed by atoms with Gasteiger partial charge < -0.3 is 4.74 Å². The van der Waals surface area contributed by atoms with Gasteiger partial charge in [0, 0.05) is 6.07 Å². The summed E-state index contributed by atoms with van der Waals surface area (Å²) < 4.78 is 20.3. The Kier molecular flexibility index (Phi) is 4.42. The van der Waals surface area contributed by atoms with E-state index < -0.39 is 5.97 Å². The molecule has 0 amide bonds. The van der Waals surface area contributed by atoms with Gasteiger partial charge in [-0.15, -0.1) is 0 Å². The molecule has 0 aliphatic rings. The average molecular weight is 360 g/mol. The molecule has 0 radical (unpaired) electrons. The number of aryl methyl sites for hydroxylation is 1. The van der Waals surface area contributed by atoms with Crippen LogP contribution in [0.5, 0.6) is 5.88 Å². The fourth-order valence-corrected chi connectivity index (χ4v) is 2.89. The molecule has 0 fully saturated rings. The first kappa shape index (κ1) is 17.0. The molecule has 0 aliphatic carbocycles. The number of aromatic nitrogens is 2. The van der Waals surface area contributed by atoms with Gasteiger partial charge in [-0.3, -0.25) is 0 Å². The zero-order chi connectivity index (χ0) is 18.8. The number of halogens is 1. The number of carbonyl (C=O) groups excluding carboxylic acids is 1. The molecule has 0 aliphatic heterocycles. The maximum Gasteiger partial charge on any atom is 0.344 e. The van der Waals surface area contributed by atoms with Gasteiger partial charge >= 0.3 is 5.97 Å². The van der Waals surface area contributed by atoms with Crippen molar-refractivity contribution in [2.24, 2.45) is 0 Å². The minimum Gasteiger partial charge on any atom is -0.404 e. The smallest absolute Gasteiger partial charge is 0.344 e. The number of carbonyl (C=O) groups is 1. The number of nitrogens with zero attached hydrogens (tertiary/aromatic N) is 2. The van der Waals surface area contributed by atoms with Crippen molar-refractivity contribution in [3.63, 3.8) is 0 Å². The molecule has 4 nitrogen and oxygen atoms in total. The van der Waals surface area contributed by atoms with E-state index in [4.69, 9.17) is 4.74 Å². The second-order valence-electron chi connectivity index (χ2n) is 6.17. The molecule has 1 heterocycles. The number of benzene rings is 3. The molecule has 3 aromatic carbocycles. The van der Waals surface area contributed by atoms with Gasteiger partial charge in [0.05, 0.1) is 16.9 Å². The highest BCUT2D eigenvalue weighted by Crippen LogP contribution is 2.22. The highest BCUT2D eigenvalue weighted by molar-refractivity contribution is 5.96. The molecule has 0 saturated heterocycles. The van der Waals surface area contributed by atoms with Crippen LogP contribution in [0.2, 0.25) is 0 Å². The Morgan fingerprint density at radius 1 is 1.00 bits per heavy atom. The zero-order valence-corrected chi connectivity index (χ0v) is 14.7. The summed E-state index contributed by atoms with van der Waals surface area (Å²) in [5.74, 6) is -0.500. The van der Waals surface area contributed by atoms with Crippen LogP contribution < -0.4 is 4.74 Å². The van der Waals surface area contributed by atoms with Crippen LogP contribution in [0.25, 0.3) is 16.5 Å². The van der Waals surface area contributed by atoms with E-state index in [2.05, 4.69) is 5.10 Å². The maximum atomic E-state index is 13.2. The van der Waals surface area contributed by atoms with Crippen molar-refractivity contribution in [2.45, 2.75) is 13.3 Å². The third kappa shape index (κ3) is 3.44. The van der Waals surface area contributed by atoms with E-state index in [-0.39, 0.29) is 5.82 Å². The fourth-order valence-electron chi connectivity index (χ4n) is 2.89. The number of ether oxygens (including phenoxy) is 1. The van der Waals surface area contributed by atoms with E-state index >= 15 is 0 Å². The Morgan fingerprint density at radius 3 is 2.48 bits per heavy atom. The second kappa shape index (κ2) is 7.03. The first-order valence-electron chi connectivity index (χ1n) is 8.70. The summed E-state index contributed by atoms with van der Waals surface area (Å²) in [7, 11) is 0. The summed E-state index contributed by atoms with van der Waals surface area (Å²) in [6.45, 7) is 1.96. The Morgan fingerprint density at radius 2 is 1.74 bits per heavy atom. The summed E-state index contributed by atoms with van der Waals surface area (Å²) in [6, 6.07) is 20.8. The van der Waals surface area contributed by atoms with Crippen molar-refractivity contribution < 1.29 is 13.9 Å². The van der Waals surface area contributed by atoms with Crippen molar-refractivity contribution in [1.29, 1.82) is 0 Å². The van der Waals surface area contributed by atoms with Crippen molar-refractivity contribution in [1.82, 2.24) is 9.78 Å². The predicted octanol–water partition coefficient (Wildman–Crippen LogP) is 4.95. The Balaban J connectivity index is 1.67. The molecule has 0 unspecified atom stereocenters. The van der Waals surface area contributed by atoms with Gasteiger partial charge in [0.1, 0.15) is 5.82 Å². The Hall–Kier alpha value is -3.47. The lowest BCUT2D eigenvalue weighted by molar-refractivity contribution is 0.0723. The fraction of sp³-hybridized carbons (Fsp3) is 0.0909. The lowest BCUT2D eigenvalue weighted by Crippen LogP contribution is -2.11. The molecular weight excluding hydrogens is 343 g/mol. The predicted molar refractivity (Wildman–Crippen MR) is 102 cm³/mol. The van der Waals surface area contributed by atoms with Crippen molar-refractivity contribution >= 4 is 16.7 Å². The summed E-state index contributed by atoms with van der Waals surface area (Å²) in [5.41, 5.74) is 1.86. The van der Waals surface area contributed by atoms with Crippen LogP contribution in [-0.4, -0.2) is 15.7 Å². The number of hydrogen-bond acceptors (Lipinski definition) is 3. The lowest BCUT2D eigenvalue weighted by Gasteiger charge is -2.08. The second-order valence-corrected chi connectivity index (χ2v) is 6.17. The van der Waals surface area contributed by atoms with Crippen LogP contribution in [0, 0.1) is 5.82 Å². The molecule has 4 rings (SSSR count). The third-order valence-corrected chi connectivity index (χ3v) is 4.34. The first-order chi connectivity index (χ1) is 13.1.